The Kier molecular flexibility index (Phi) is 4.74. The average Bonchev–Trinajstić information content (AvgIpc) is 2.74. The summed E-state index contributed by atoms with van der Waals surface area (Å²) in [5.41, 5.74) is 0.184. The van der Waals surface area contributed by atoms with Crippen LogP contribution in [0, 0.1) is 0 Å². The van der Waals surface area contributed by atoms with Crippen molar-refractivity contribution in [1.82, 2.24) is 15.5 Å². The van der Waals surface area contributed by atoms with Crippen molar-refractivity contribution < 1.29 is 4.79 Å². The Morgan fingerprint density at radius 2 is 1.94 bits per heavy atom. The van der Waals surface area contributed by atoms with Crippen molar-refractivity contribution in [3.63, 3.8) is 0 Å². The van der Waals surface area contributed by atoms with Crippen LogP contribution in [0.25, 0.3) is 0 Å². The van der Waals surface area contributed by atoms with Crippen LogP contribution in [0.1, 0.15) is 32.6 Å². The molecule has 2 N–H and O–H groups in total. The third-order valence-corrected chi connectivity index (χ3v) is 3.90. The number of nitrogens with zero attached hydrogens (tertiary/aromatic N) is 1. The lowest BCUT2D eigenvalue weighted by atomic mass is 9.96. The highest BCUT2D eigenvalue weighted by molar-refractivity contribution is 5.81. The van der Waals surface area contributed by atoms with E-state index in [1.54, 1.807) is 0 Å². The number of likely N-dealkylation sites (N-methyl/N-ethyl adjacent to an activating group) is 2. The number of carbonyl (C=O) groups is 1. The molecule has 1 rings (SSSR count). The van der Waals surface area contributed by atoms with Gasteiger partial charge in [0.05, 0.1) is 6.04 Å². The van der Waals surface area contributed by atoms with E-state index in [0.717, 1.165) is 6.54 Å². The molecule has 0 saturated heterocycles. The molecule has 0 bridgehead atoms. The first-order valence-electron chi connectivity index (χ1n) is 6.14. The first-order chi connectivity index (χ1) is 7.52. The first-order valence-corrected chi connectivity index (χ1v) is 6.14. The van der Waals surface area contributed by atoms with Gasteiger partial charge >= 0.3 is 0 Å². The summed E-state index contributed by atoms with van der Waals surface area (Å²) in [4.78, 5) is 14.0. The predicted molar refractivity (Wildman–Crippen MR) is 66.4 cm³/mol. The molecule has 0 aromatic carbocycles. The molecule has 0 spiro atoms. The molecule has 4 nitrogen and oxygen atoms in total. The van der Waals surface area contributed by atoms with Gasteiger partial charge < -0.3 is 15.5 Å². The molecule has 16 heavy (non-hydrogen) atoms. The van der Waals surface area contributed by atoms with E-state index in [4.69, 9.17) is 0 Å². The van der Waals surface area contributed by atoms with E-state index < -0.39 is 0 Å². The van der Waals surface area contributed by atoms with Gasteiger partial charge in [-0.3, -0.25) is 4.79 Å². The van der Waals surface area contributed by atoms with E-state index >= 15 is 0 Å². The number of amides is 1. The largest absolute Gasteiger partial charge is 0.353 e. The molecule has 1 atom stereocenters. The van der Waals surface area contributed by atoms with E-state index in [0.29, 0.717) is 0 Å². The van der Waals surface area contributed by atoms with Gasteiger partial charge in [0.1, 0.15) is 0 Å². The van der Waals surface area contributed by atoms with E-state index in [9.17, 15) is 4.79 Å². The highest BCUT2D eigenvalue weighted by atomic mass is 16.2. The third kappa shape index (κ3) is 2.95. The van der Waals surface area contributed by atoms with Crippen molar-refractivity contribution in [2.45, 2.75) is 44.2 Å². The van der Waals surface area contributed by atoms with Gasteiger partial charge in [-0.25, -0.2) is 0 Å². The smallest absolute Gasteiger partial charge is 0.236 e. The third-order valence-electron chi connectivity index (χ3n) is 3.90. The van der Waals surface area contributed by atoms with E-state index in [1.807, 2.05) is 14.0 Å². The van der Waals surface area contributed by atoms with Crippen LogP contribution in [0.4, 0.5) is 0 Å². The Bertz CT molecular complexity index is 234. The summed E-state index contributed by atoms with van der Waals surface area (Å²) >= 11 is 0. The predicted octanol–water partition coefficient (Wildman–Crippen LogP) is 0.585. The summed E-state index contributed by atoms with van der Waals surface area (Å²) in [7, 11) is 6.03. The van der Waals surface area contributed by atoms with Crippen molar-refractivity contribution >= 4 is 5.91 Å². The Hall–Kier alpha value is -0.610. The second kappa shape index (κ2) is 5.64. The van der Waals surface area contributed by atoms with Gasteiger partial charge in [0.15, 0.2) is 0 Å². The molecule has 0 heterocycles. The summed E-state index contributed by atoms with van der Waals surface area (Å²) in [5, 5.41) is 6.01. The lowest BCUT2D eigenvalue weighted by Gasteiger charge is -2.36. The zero-order valence-electron chi connectivity index (χ0n) is 11.0. The molecule has 4 heteroatoms. The second-order valence-corrected chi connectivity index (χ2v) is 5.05. The van der Waals surface area contributed by atoms with E-state index in [-0.39, 0.29) is 17.5 Å². The first kappa shape index (κ1) is 13.5. The van der Waals surface area contributed by atoms with Crippen LogP contribution in [0.5, 0.6) is 0 Å². The minimum absolute atomic E-state index is 0.0932. The topological polar surface area (TPSA) is 44.4 Å². The number of hydrogen-bond acceptors (Lipinski definition) is 3. The summed E-state index contributed by atoms with van der Waals surface area (Å²) in [6.07, 6.45) is 4.92. The molecular weight excluding hydrogens is 202 g/mol. The average molecular weight is 227 g/mol. The highest BCUT2D eigenvalue weighted by Crippen LogP contribution is 2.32. The number of carbonyl (C=O) groups excluding carboxylic acids is 1. The van der Waals surface area contributed by atoms with Gasteiger partial charge in [0.2, 0.25) is 5.91 Å². The summed E-state index contributed by atoms with van der Waals surface area (Å²) in [6.45, 7) is 2.65. The SMILES string of the molecule is CNC(C)C(=O)NCC1(N(C)C)CCCC1. The summed E-state index contributed by atoms with van der Waals surface area (Å²) < 4.78 is 0. The summed E-state index contributed by atoms with van der Waals surface area (Å²) in [5.74, 6) is 0.0932. The molecule has 94 valence electrons. The van der Waals surface area contributed by atoms with Crippen molar-refractivity contribution in [2.24, 2.45) is 0 Å². The Morgan fingerprint density at radius 3 is 2.38 bits per heavy atom. The fourth-order valence-corrected chi connectivity index (χ4v) is 2.35. The number of hydrogen-bond donors (Lipinski definition) is 2. The molecule has 0 aromatic rings. The van der Waals surface area contributed by atoms with Crippen molar-refractivity contribution in [3.8, 4) is 0 Å². The Labute approximate surface area is 98.8 Å². The lowest BCUT2D eigenvalue weighted by Crippen LogP contribution is -2.53. The molecule has 0 aliphatic heterocycles. The molecular formula is C12H25N3O. The molecule has 1 aliphatic carbocycles. The quantitative estimate of drug-likeness (QED) is 0.722. The van der Waals surface area contributed by atoms with Crippen LogP contribution < -0.4 is 10.6 Å². The lowest BCUT2D eigenvalue weighted by molar-refractivity contribution is -0.123. The second-order valence-electron chi connectivity index (χ2n) is 5.05. The Morgan fingerprint density at radius 1 is 1.38 bits per heavy atom. The van der Waals surface area contributed by atoms with E-state index in [1.165, 1.54) is 25.7 Å². The minimum Gasteiger partial charge on any atom is -0.353 e. The molecule has 0 radical (unpaired) electrons. The van der Waals surface area contributed by atoms with Gasteiger partial charge in [-0.05, 0) is 40.9 Å². The van der Waals surface area contributed by atoms with Gasteiger partial charge in [0.25, 0.3) is 0 Å². The van der Waals surface area contributed by atoms with Crippen LogP contribution in [-0.4, -0.2) is 50.1 Å². The molecule has 0 aromatic heterocycles. The molecule has 1 amide bonds. The zero-order chi connectivity index (χ0) is 12.2. The zero-order valence-corrected chi connectivity index (χ0v) is 11.0. The van der Waals surface area contributed by atoms with Crippen LogP contribution in [0.3, 0.4) is 0 Å². The normalized spacial score (nSPS) is 21.1. The van der Waals surface area contributed by atoms with Gasteiger partial charge in [-0.2, -0.15) is 0 Å². The maximum Gasteiger partial charge on any atom is 0.236 e. The molecule has 1 fully saturated rings. The fraction of sp³-hybridized carbons (Fsp3) is 0.917. The Balaban J connectivity index is 2.48. The minimum atomic E-state index is -0.111. The van der Waals surface area contributed by atoms with Crippen molar-refractivity contribution in [3.05, 3.63) is 0 Å². The van der Waals surface area contributed by atoms with Crippen LogP contribution in [-0.2, 0) is 4.79 Å². The van der Waals surface area contributed by atoms with Crippen molar-refractivity contribution in [2.75, 3.05) is 27.7 Å². The molecule has 1 aliphatic rings. The fourth-order valence-electron chi connectivity index (χ4n) is 2.35. The van der Waals surface area contributed by atoms with Gasteiger partial charge in [0, 0.05) is 12.1 Å². The number of nitrogens with one attached hydrogen (secondary N) is 2. The number of rotatable bonds is 5. The van der Waals surface area contributed by atoms with Crippen LogP contribution in [0.15, 0.2) is 0 Å². The van der Waals surface area contributed by atoms with Crippen LogP contribution in [0.2, 0.25) is 0 Å². The van der Waals surface area contributed by atoms with E-state index in [2.05, 4.69) is 29.6 Å². The standard InChI is InChI=1S/C12H25N3O/c1-10(13-2)11(16)14-9-12(15(3)4)7-5-6-8-12/h10,13H,5-9H2,1-4H3,(H,14,16). The molecule has 1 saturated carbocycles. The monoisotopic (exact) mass is 227 g/mol. The van der Waals surface area contributed by atoms with Crippen LogP contribution >= 0.6 is 0 Å². The highest BCUT2D eigenvalue weighted by Gasteiger charge is 2.36. The summed E-state index contributed by atoms with van der Waals surface area (Å²) in [6, 6.07) is -0.111. The maximum absolute atomic E-state index is 11.7. The molecule has 1 unspecified atom stereocenters. The van der Waals surface area contributed by atoms with Gasteiger partial charge in [-0.15, -0.1) is 0 Å². The maximum atomic E-state index is 11.7. The van der Waals surface area contributed by atoms with Crippen molar-refractivity contribution in [1.29, 1.82) is 0 Å². The van der Waals surface area contributed by atoms with Gasteiger partial charge in [-0.1, -0.05) is 12.8 Å².